The van der Waals surface area contributed by atoms with Crippen LogP contribution in [0.1, 0.15) is 25.0 Å². The molecule has 2 rings (SSSR count). The van der Waals surface area contributed by atoms with Gasteiger partial charge in [0.2, 0.25) is 0 Å². The van der Waals surface area contributed by atoms with E-state index in [4.69, 9.17) is 0 Å². The number of anilines is 1. The Bertz CT molecular complexity index is 749. The summed E-state index contributed by atoms with van der Waals surface area (Å²) in [5.41, 5.74) is 1.64. The normalized spacial score (nSPS) is 11.4. The number of aromatic nitrogens is 1. The summed E-state index contributed by atoms with van der Waals surface area (Å²) in [6.45, 7) is 4.01. The Balaban J connectivity index is 1.90. The molecule has 0 amide bonds. The van der Waals surface area contributed by atoms with E-state index < -0.39 is 6.61 Å². The molecule has 152 valence electrons. The molecule has 0 fully saturated rings. The van der Waals surface area contributed by atoms with Gasteiger partial charge in [0.05, 0.1) is 0 Å². The van der Waals surface area contributed by atoms with Crippen LogP contribution >= 0.6 is 0 Å². The summed E-state index contributed by atoms with van der Waals surface area (Å²) in [6, 6.07) is 10.7. The number of benzene rings is 1. The Morgan fingerprint density at radius 2 is 1.82 bits per heavy atom. The smallest absolute Gasteiger partial charge is 0.387 e. The van der Waals surface area contributed by atoms with Crippen molar-refractivity contribution in [3.63, 3.8) is 0 Å². The SMILES string of the molecule is CCN(CC)c1ccc(CNC(=NC)NCc2ccccc2OC(F)F)cn1. The summed E-state index contributed by atoms with van der Waals surface area (Å²) in [7, 11) is 1.65. The molecule has 0 spiro atoms. The van der Waals surface area contributed by atoms with Crippen LogP contribution in [-0.2, 0) is 13.1 Å². The molecule has 0 unspecified atom stereocenters. The topological polar surface area (TPSA) is 61.8 Å². The van der Waals surface area contributed by atoms with Gasteiger partial charge in [-0.25, -0.2) is 4.98 Å². The molecular weight excluding hydrogens is 364 g/mol. The van der Waals surface area contributed by atoms with Gasteiger partial charge in [0, 0.05) is 45.0 Å². The number of ether oxygens (including phenoxy) is 1. The third kappa shape index (κ3) is 6.37. The number of hydrogen-bond acceptors (Lipinski definition) is 4. The number of aliphatic imine (C=N–C) groups is 1. The number of pyridine rings is 1. The van der Waals surface area contributed by atoms with Gasteiger partial charge in [-0.05, 0) is 31.5 Å². The highest BCUT2D eigenvalue weighted by atomic mass is 19.3. The van der Waals surface area contributed by atoms with Crippen LogP contribution in [-0.4, -0.2) is 37.7 Å². The van der Waals surface area contributed by atoms with E-state index in [2.05, 4.69) is 44.1 Å². The van der Waals surface area contributed by atoms with Gasteiger partial charge < -0.3 is 20.3 Å². The molecule has 8 heteroatoms. The van der Waals surface area contributed by atoms with Crippen LogP contribution in [0.5, 0.6) is 5.75 Å². The van der Waals surface area contributed by atoms with Crippen LogP contribution in [0.2, 0.25) is 0 Å². The molecule has 0 saturated heterocycles. The lowest BCUT2D eigenvalue weighted by Gasteiger charge is -2.19. The molecule has 0 aliphatic rings. The van der Waals surface area contributed by atoms with Crippen LogP contribution in [0.3, 0.4) is 0 Å². The van der Waals surface area contributed by atoms with Crippen molar-refractivity contribution >= 4 is 11.8 Å². The van der Waals surface area contributed by atoms with Crippen LogP contribution in [0.4, 0.5) is 14.6 Å². The third-order valence-electron chi connectivity index (χ3n) is 4.22. The summed E-state index contributed by atoms with van der Waals surface area (Å²) in [5.74, 6) is 1.66. The molecule has 6 nitrogen and oxygen atoms in total. The second-order valence-corrected chi connectivity index (χ2v) is 5.96. The Hall–Kier alpha value is -2.90. The predicted octanol–water partition coefficient (Wildman–Crippen LogP) is 3.39. The predicted molar refractivity (Wildman–Crippen MR) is 108 cm³/mol. The fourth-order valence-corrected chi connectivity index (χ4v) is 2.70. The van der Waals surface area contributed by atoms with Crippen molar-refractivity contribution < 1.29 is 13.5 Å². The molecule has 0 atom stereocenters. The van der Waals surface area contributed by atoms with Gasteiger partial charge in [-0.2, -0.15) is 8.78 Å². The van der Waals surface area contributed by atoms with E-state index in [-0.39, 0.29) is 5.75 Å². The summed E-state index contributed by atoms with van der Waals surface area (Å²) >= 11 is 0. The summed E-state index contributed by atoms with van der Waals surface area (Å²) in [5, 5.41) is 6.29. The van der Waals surface area contributed by atoms with Gasteiger partial charge in [0.15, 0.2) is 5.96 Å². The van der Waals surface area contributed by atoms with Gasteiger partial charge >= 0.3 is 6.61 Å². The highest BCUT2D eigenvalue weighted by Crippen LogP contribution is 2.19. The molecule has 2 N–H and O–H groups in total. The average molecular weight is 391 g/mol. The molecule has 0 bridgehead atoms. The number of nitrogens with one attached hydrogen (secondary N) is 2. The fraction of sp³-hybridized carbons (Fsp3) is 0.400. The largest absolute Gasteiger partial charge is 0.434 e. The molecule has 1 aromatic carbocycles. The van der Waals surface area contributed by atoms with Gasteiger partial charge in [0.1, 0.15) is 11.6 Å². The van der Waals surface area contributed by atoms with Crippen molar-refractivity contribution in [2.75, 3.05) is 25.0 Å². The van der Waals surface area contributed by atoms with E-state index in [0.29, 0.717) is 24.6 Å². The van der Waals surface area contributed by atoms with Gasteiger partial charge in [-0.3, -0.25) is 4.99 Å². The number of rotatable bonds is 9. The summed E-state index contributed by atoms with van der Waals surface area (Å²) < 4.78 is 29.6. The lowest BCUT2D eigenvalue weighted by atomic mass is 10.2. The first-order valence-electron chi connectivity index (χ1n) is 9.24. The number of nitrogens with zero attached hydrogens (tertiary/aromatic N) is 3. The Morgan fingerprint density at radius 3 is 2.43 bits per heavy atom. The molecule has 28 heavy (non-hydrogen) atoms. The first-order chi connectivity index (χ1) is 13.6. The first-order valence-corrected chi connectivity index (χ1v) is 9.24. The third-order valence-corrected chi connectivity index (χ3v) is 4.22. The zero-order chi connectivity index (χ0) is 20.4. The van der Waals surface area contributed by atoms with E-state index in [1.54, 1.807) is 25.2 Å². The highest BCUT2D eigenvalue weighted by Gasteiger charge is 2.09. The van der Waals surface area contributed by atoms with E-state index >= 15 is 0 Å². The summed E-state index contributed by atoms with van der Waals surface area (Å²) in [4.78, 5) is 10.8. The molecule has 2 aromatic rings. The van der Waals surface area contributed by atoms with Gasteiger partial charge in [-0.15, -0.1) is 0 Å². The minimum atomic E-state index is -2.86. The molecule has 0 aliphatic carbocycles. The molecule has 0 aliphatic heterocycles. The molecule has 0 saturated carbocycles. The van der Waals surface area contributed by atoms with Crippen LogP contribution < -0.4 is 20.3 Å². The average Bonchev–Trinajstić information content (AvgIpc) is 2.70. The van der Waals surface area contributed by atoms with Crippen molar-refractivity contribution in [3.05, 3.63) is 53.7 Å². The van der Waals surface area contributed by atoms with E-state index in [1.807, 2.05) is 18.3 Å². The molecular formula is C20H27F2N5O. The van der Waals surface area contributed by atoms with Crippen molar-refractivity contribution in [2.24, 2.45) is 4.99 Å². The maximum absolute atomic E-state index is 12.5. The number of para-hydroxylation sites is 1. The van der Waals surface area contributed by atoms with Crippen molar-refractivity contribution in [1.82, 2.24) is 15.6 Å². The quantitative estimate of drug-likeness (QED) is 0.507. The van der Waals surface area contributed by atoms with Gasteiger partial charge in [-0.1, -0.05) is 24.3 Å². The molecule has 1 aromatic heterocycles. The maximum atomic E-state index is 12.5. The molecule has 0 radical (unpaired) electrons. The second-order valence-electron chi connectivity index (χ2n) is 5.96. The van der Waals surface area contributed by atoms with Crippen molar-refractivity contribution in [3.8, 4) is 5.75 Å². The van der Waals surface area contributed by atoms with Gasteiger partial charge in [0.25, 0.3) is 0 Å². The first kappa shape index (κ1) is 21.4. The summed E-state index contributed by atoms with van der Waals surface area (Å²) in [6.07, 6.45) is 1.83. The monoisotopic (exact) mass is 391 g/mol. The van der Waals surface area contributed by atoms with Crippen LogP contribution in [0.15, 0.2) is 47.6 Å². The van der Waals surface area contributed by atoms with Crippen molar-refractivity contribution in [2.45, 2.75) is 33.5 Å². The van der Waals surface area contributed by atoms with E-state index in [1.165, 1.54) is 6.07 Å². The van der Waals surface area contributed by atoms with Crippen molar-refractivity contribution in [1.29, 1.82) is 0 Å². The zero-order valence-electron chi connectivity index (χ0n) is 16.5. The fourth-order valence-electron chi connectivity index (χ4n) is 2.70. The van der Waals surface area contributed by atoms with E-state index in [9.17, 15) is 8.78 Å². The maximum Gasteiger partial charge on any atom is 0.387 e. The van der Waals surface area contributed by atoms with Crippen LogP contribution in [0.25, 0.3) is 0 Å². The Kier molecular flexibility index (Phi) is 8.45. The number of halogens is 2. The minimum Gasteiger partial charge on any atom is -0.434 e. The molecule has 1 heterocycles. The minimum absolute atomic E-state index is 0.150. The van der Waals surface area contributed by atoms with E-state index in [0.717, 1.165) is 24.5 Å². The lowest BCUT2D eigenvalue weighted by molar-refractivity contribution is -0.0504. The number of guanidine groups is 1. The Labute approximate surface area is 164 Å². The Morgan fingerprint density at radius 1 is 1.11 bits per heavy atom. The zero-order valence-corrected chi connectivity index (χ0v) is 16.5. The highest BCUT2D eigenvalue weighted by molar-refractivity contribution is 5.79. The standard InChI is InChI=1S/C20H27F2N5O/c1-4-27(5-2)18-11-10-15(12-24-18)13-25-20(23-3)26-14-16-8-6-7-9-17(16)28-19(21)22/h6-12,19H,4-5,13-14H2,1-3H3,(H2,23,25,26). The lowest BCUT2D eigenvalue weighted by Crippen LogP contribution is -2.36. The number of hydrogen-bond donors (Lipinski definition) is 2. The van der Waals surface area contributed by atoms with Crippen LogP contribution in [0, 0.1) is 0 Å². The second kappa shape index (κ2) is 11.1. The number of alkyl halides is 2.